The predicted octanol–water partition coefficient (Wildman–Crippen LogP) is 6.54. The molecule has 1 amide bonds. The summed E-state index contributed by atoms with van der Waals surface area (Å²) in [7, 11) is 0. The van der Waals surface area contributed by atoms with Crippen molar-refractivity contribution >= 4 is 40.9 Å². The molecule has 1 N–H and O–H groups in total. The quantitative estimate of drug-likeness (QED) is 0.383. The summed E-state index contributed by atoms with van der Waals surface area (Å²) < 4.78 is 1.93. The van der Waals surface area contributed by atoms with E-state index in [1.54, 1.807) is 23.9 Å². The molecule has 8 heteroatoms. The van der Waals surface area contributed by atoms with Gasteiger partial charge in [-0.15, -0.1) is 10.2 Å². The van der Waals surface area contributed by atoms with E-state index in [1.165, 1.54) is 11.1 Å². The first-order valence-corrected chi connectivity index (χ1v) is 12.6. The van der Waals surface area contributed by atoms with Gasteiger partial charge >= 0.3 is 0 Å². The normalized spacial score (nSPS) is 15.1. The van der Waals surface area contributed by atoms with Crippen molar-refractivity contribution < 1.29 is 4.79 Å². The van der Waals surface area contributed by atoms with Crippen LogP contribution in [0.5, 0.6) is 0 Å². The summed E-state index contributed by atoms with van der Waals surface area (Å²) in [6.45, 7) is 4.04. The fourth-order valence-electron chi connectivity index (χ4n) is 4.04. The van der Waals surface area contributed by atoms with E-state index in [-0.39, 0.29) is 17.9 Å². The summed E-state index contributed by atoms with van der Waals surface area (Å²) in [5, 5.41) is 13.8. The van der Waals surface area contributed by atoms with Gasteiger partial charge in [-0.2, -0.15) is 0 Å². The molecule has 1 aliphatic carbocycles. The number of aryl methyl sites for hydroxylation is 1. The molecule has 0 saturated heterocycles. The van der Waals surface area contributed by atoms with Crippen LogP contribution in [0.25, 0.3) is 5.69 Å². The molecular weight excluding hydrogens is 463 g/mol. The SMILES string of the molecule is Cc1ccccc1CSc1nnc(C(C)NC(=O)C2CCCC2)n1-c1ccc(Cl)cc1Cl. The van der Waals surface area contributed by atoms with Gasteiger partial charge in [0.15, 0.2) is 11.0 Å². The van der Waals surface area contributed by atoms with Gasteiger partial charge in [-0.25, -0.2) is 0 Å². The highest BCUT2D eigenvalue weighted by atomic mass is 35.5. The zero-order valence-corrected chi connectivity index (χ0v) is 20.5. The second kappa shape index (κ2) is 10.3. The van der Waals surface area contributed by atoms with Crippen LogP contribution in [0.4, 0.5) is 0 Å². The Bertz CT molecular complexity index is 1110. The Hall–Kier alpha value is -2.02. The molecule has 1 fully saturated rings. The van der Waals surface area contributed by atoms with E-state index in [2.05, 4.69) is 34.6 Å². The van der Waals surface area contributed by atoms with Crippen molar-refractivity contribution in [2.45, 2.75) is 56.5 Å². The number of aromatic nitrogens is 3. The van der Waals surface area contributed by atoms with E-state index in [0.717, 1.165) is 42.3 Å². The third-order valence-corrected chi connectivity index (χ3v) is 7.41. The number of thioether (sulfide) groups is 1. The molecule has 1 aromatic heterocycles. The lowest BCUT2D eigenvalue weighted by Gasteiger charge is -2.19. The van der Waals surface area contributed by atoms with Crippen LogP contribution >= 0.6 is 35.0 Å². The van der Waals surface area contributed by atoms with Gasteiger partial charge in [0.25, 0.3) is 0 Å². The minimum absolute atomic E-state index is 0.0841. The molecule has 1 atom stereocenters. The molecule has 1 unspecified atom stereocenters. The largest absolute Gasteiger partial charge is 0.346 e. The lowest BCUT2D eigenvalue weighted by atomic mass is 10.1. The monoisotopic (exact) mass is 488 g/mol. The molecule has 4 rings (SSSR count). The number of benzene rings is 2. The van der Waals surface area contributed by atoms with E-state index in [9.17, 15) is 4.79 Å². The maximum absolute atomic E-state index is 12.7. The zero-order valence-electron chi connectivity index (χ0n) is 18.1. The molecule has 32 heavy (non-hydrogen) atoms. The molecule has 0 radical (unpaired) electrons. The molecule has 168 valence electrons. The van der Waals surface area contributed by atoms with Gasteiger partial charge in [-0.05, 0) is 56.0 Å². The molecule has 1 heterocycles. The number of nitrogens with zero attached hydrogens (tertiary/aromatic N) is 3. The lowest BCUT2D eigenvalue weighted by Crippen LogP contribution is -2.33. The van der Waals surface area contributed by atoms with Crippen molar-refractivity contribution in [3.8, 4) is 5.69 Å². The fraction of sp³-hybridized carbons (Fsp3) is 0.375. The molecule has 0 bridgehead atoms. The van der Waals surface area contributed by atoms with Crippen molar-refractivity contribution in [2.24, 2.45) is 5.92 Å². The van der Waals surface area contributed by atoms with Crippen molar-refractivity contribution in [3.05, 3.63) is 69.5 Å². The molecular formula is C24H26Cl2N4OS. The van der Waals surface area contributed by atoms with Crippen LogP contribution < -0.4 is 5.32 Å². The van der Waals surface area contributed by atoms with Gasteiger partial charge in [0.1, 0.15) is 0 Å². The Morgan fingerprint density at radius 3 is 2.66 bits per heavy atom. The number of nitrogens with one attached hydrogen (secondary N) is 1. The average molecular weight is 489 g/mol. The zero-order chi connectivity index (χ0) is 22.7. The number of carbonyl (C=O) groups is 1. The van der Waals surface area contributed by atoms with Gasteiger partial charge in [-0.3, -0.25) is 9.36 Å². The number of rotatable bonds is 7. The number of halogens is 2. The van der Waals surface area contributed by atoms with Crippen LogP contribution in [-0.4, -0.2) is 20.7 Å². The van der Waals surface area contributed by atoms with Gasteiger partial charge in [-0.1, -0.05) is 72.1 Å². The predicted molar refractivity (Wildman–Crippen MR) is 131 cm³/mol. The van der Waals surface area contributed by atoms with Gasteiger partial charge < -0.3 is 5.32 Å². The smallest absolute Gasteiger partial charge is 0.223 e. The summed E-state index contributed by atoms with van der Waals surface area (Å²) in [6.07, 6.45) is 4.13. The molecule has 5 nitrogen and oxygen atoms in total. The summed E-state index contributed by atoms with van der Waals surface area (Å²) in [4.78, 5) is 12.7. The van der Waals surface area contributed by atoms with Crippen LogP contribution in [0, 0.1) is 12.8 Å². The van der Waals surface area contributed by atoms with Crippen LogP contribution in [0.3, 0.4) is 0 Å². The van der Waals surface area contributed by atoms with Crippen LogP contribution in [-0.2, 0) is 10.5 Å². The fourth-order valence-corrected chi connectivity index (χ4v) is 5.56. The maximum atomic E-state index is 12.7. The summed E-state index contributed by atoms with van der Waals surface area (Å²) in [5.74, 6) is 1.57. The molecule has 2 aromatic carbocycles. The second-order valence-electron chi connectivity index (χ2n) is 8.20. The second-order valence-corrected chi connectivity index (χ2v) is 9.98. The third-order valence-electron chi connectivity index (χ3n) is 5.90. The van der Waals surface area contributed by atoms with E-state index in [4.69, 9.17) is 23.2 Å². The number of amides is 1. The Kier molecular flexibility index (Phi) is 7.44. The topological polar surface area (TPSA) is 59.8 Å². The van der Waals surface area contributed by atoms with Crippen molar-refractivity contribution in [1.82, 2.24) is 20.1 Å². The summed E-state index contributed by atoms with van der Waals surface area (Å²) in [6, 6.07) is 13.3. The standard InChI is InChI=1S/C24H26Cl2N4OS/c1-15-7-3-4-10-18(15)14-32-24-29-28-22(16(2)27-23(31)17-8-5-6-9-17)30(24)21-12-11-19(25)13-20(21)26/h3-4,7,10-13,16-17H,5-6,8-9,14H2,1-2H3,(H,27,31). The molecule has 0 spiro atoms. The van der Waals surface area contributed by atoms with E-state index in [1.807, 2.05) is 29.7 Å². The minimum Gasteiger partial charge on any atom is -0.346 e. The third kappa shape index (κ3) is 5.13. The van der Waals surface area contributed by atoms with Gasteiger partial charge in [0, 0.05) is 16.7 Å². The maximum Gasteiger partial charge on any atom is 0.223 e. The summed E-state index contributed by atoms with van der Waals surface area (Å²) in [5.41, 5.74) is 3.21. The van der Waals surface area contributed by atoms with Crippen molar-refractivity contribution in [1.29, 1.82) is 0 Å². The van der Waals surface area contributed by atoms with E-state index >= 15 is 0 Å². The van der Waals surface area contributed by atoms with Gasteiger partial charge in [0.2, 0.25) is 5.91 Å². The number of carbonyl (C=O) groups excluding carboxylic acids is 1. The van der Waals surface area contributed by atoms with Crippen LogP contribution in [0.15, 0.2) is 47.6 Å². The highest BCUT2D eigenvalue weighted by Gasteiger charge is 2.27. The van der Waals surface area contributed by atoms with Gasteiger partial charge in [0.05, 0.1) is 16.8 Å². The first-order chi connectivity index (χ1) is 15.4. The van der Waals surface area contributed by atoms with Crippen LogP contribution in [0.1, 0.15) is 55.6 Å². The Labute approximate surface area is 202 Å². The highest BCUT2D eigenvalue weighted by molar-refractivity contribution is 7.98. The first kappa shape index (κ1) is 23.1. The Balaban J connectivity index is 1.65. The number of hydrogen-bond donors (Lipinski definition) is 1. The Morgan fingerprint density at radius 1 is 1.19 bits per heavy atom. The first-order valence-electron chi connectivity index (χ1n) is 10.8. The Morgan fingerprint density at radius 2 is 1.94 bits per heavy atom. The molecule has 0 aliphatic heterocycles. The minimum atomic E-state index is -0.310. The molecule has 1 saturated carbocycles. The van der Waals surface area contributed by atoms with Crippen molar-refractivity contribution in [2.75, 3.05) is 0 Å². The van der Waals surface area contributed by atoms with E-state index < -0.39 is 0 Å². The molecule has 1 aliphatic rings. The van der Waals surface area contributed by atoms with Crippen molar-refractivity contribution in [3.63, 3.8) is 0 Å². The number of hydrogen-bond acceptors (Lipinski definition) is 4. The van der Waals surface area contributed by atoms with Crippen LogP contribution in [0.2, 0.25) is 10.0 Å². The summed E-state index contributed by atoms with van der Waals surface area (Å²) >= 11 is 14.3. The highest BCUT2D eigenvalue weighted by Crippen LogP contribution is 2.33. The van der Waals surface area contributed by atoms with E-state index in [0.29, 0.717) is 15.9 Å². The molecule has 3 aromatic rings. The lowest BCUT2D eigenvalue weighted by molar-refractivity contribution is -0.125. The average Bonchev–Trinajstić information content (AvgIpc) is 3.44.